The van der Waals surface area contributed by atoms with Crippen LogP contribution in [-0.4, -0.2) is 55.6 Å². The van der Waals surface area contributed by atoms with Crippen LogP contribution in [-0.2, 0) is 0 Å². The molecule has 36 heavy (non-hydrogen) atoms. The average Bonchev–Trinajstić information content (AvgIpc) is 3.52. The molecule has 0 bridgehead atoms. The molecule has 3 N–H and O–H groups in total. The Kier molecular flexibility index (Phi) is 6.83. The van der Waals surface area contributed by atoms with E-state index in [-0.39, 0.29) is 11.7 Å². The highest BCUT2D eigenvalue weighted by Gasteiger charge is 2.15. The smallest absolute Gasteiger partial charge is 0.251 e. The maximum absolute atomic E-state index is 12.7. The van der Waals surface area contributed by atoms with Crippen molar-refractivity contribution in [3.8, 4) is 34.1 Å². The first kappa shape index (κ1) is 23.8. The third-order valence-electron chi connectivity index (χ3n) is 5.39. The van der Waals surface area contributed by atoms with E-state index in [4.69, 9.17) is 4.74 Å². The van der Waals surface area contributed by atoms with E-state index in [9.17, 15) is 9.90 Å². The molecule has 0 aliphatic rings. The van der Waals surface area contributed by atoms with E-state index in [1.165, 1.54) is 11.3 Å². The lowest BCUT2D eigenvalue weighted by molar-refractivity contribution is 0.0956. The number of imidazole rings is 1. The van der Waals surface area contributed by atoms with Gasteiger partial charge in [-0.3, -0.25) is 4.79 Å². The van der Waals surface area contributed by atoms with E-state index in [2.05, 4.69) is 30.5 Å². The van der Waals surface area contributed by atoms with Crippen molar-refractivity contribution in [1.29, 1.82) is 0 Å². The number of H-pyrrole nitrogens is 1. The van der Waals surface area contributed by atoms with Crippen molar-refractivity contribution in [2.45, 2.75) is 11.3 Å². The third-order valence-corrected chi connectivity index (χ3v) is 7.37. The van der Waals surface area contributed by atoms with E-state index in [0.29, 0.717) is 46.2 Å². The number of nitrogens with one attached hydrogen (secondary N) is 2. The van der Waals surface area contributed by atoms with E-state index in [0.717, 1.165) is 20.5 Å². The second-order valence-electron chi connectivity index (χ2n) is 7.80. The Morgan fingerprint density at radius 3 is 2.86 bits per heavy atom. The highest BCUT2D eigenvalue weighted by atomic mass is 32.2. The summed E-state index contributed by atoms with van der Waals surface area (Å²) in [7, 11) is 1.57. The van der Waals surface area contributed by atoms with Crippen molar-refractivity contribution < 1.29 is 14.6 Å². The minimum absolute atomic E-state index is 0.0850. The number of aromatic nitrogens is 5. The van der Waals surface area contributed by atoms with Crippen LogP contribution in [0.5, 0.6) is 11.6 Å². The van der Waals surface area contributed by atoms with Crippen LogP contribution >= 0.6 is 23.1 Å². The van der Waals surface area contributed by atoms with E-state index >= 15 is 0 Å². The van der Waals surface area contributed by atoms with Crippen molar-refractivity contribution >= 4 is 40.0 Å². The molecule has 0 aliphatic carbocycles. The van der Waals surface area contributed by atoms with Crippen molar-refractivity contribution in [1.82, 2.24) is 30.5 Å². The van der Waals surface area contributed by atoms with Crippen molar-refractivity contribution in [2.24, 2.45) is 0 Å². The fourth-order valence-corrected chi connectivity index (χ4v) is 5.43. The third kappa shape index (κ3) is 5.02. The minimum atomic E-state index is -0.171. The number of methoxy groups -OCH3 is 1. The molecule has 11 heteroatoms. The number of rotatable bonds is 8. The lowest BCUT2D eigenvalue weighted by Crippen LogP contribution is -2.25. The Morgan fingerprint density at radius 2 is 2.06 bits per heavy atom. The molecule has 3 aromatic heterocycles. The normalized spacial score (nSPS) is 11.1. The van der Waals surface area contributed by atoms with Crippen LogP contribution < -0.4 is 10.1 Å². The molecular weight excluding hydrogens is 496 g/mol. The van der Waals surface area contributed by atoms with Crippen LogP contribution in [0.2, 0.25) is 0 Å². The Hall–Kier alpha value is -3.96. The van der Waals surface area contributed by atoms with E-state index in [1.807, 2.05) is 25.1 Å². The van der Waals surface area contributed by atoms with E-state index < -0.39 is 0 Å². The topological polar surface area (TPSA) is 126 Å². The number of phenols is 1. The van der Waals surface area contributed by atoms with Gasteiger partial charge in [0.1, 0.15) is 16.6 Å². The first-order valence-corrected chi connectivity index (χ1v) is 12.9. The monoisotopic (exact) mass is 518 g/mol. The molecule has 0 fully saturated rings. The van der Waals surface area contributed by atoms with Gasteiger partial charge in [-0.05, 0) is 55.0 Å². The number of aromatic amines is 1. The van der Waals surface area contributed by atoms with Gasteiger partial charge in [-0.25, -0.2) is 9.97 Å². The van der Waals surface area contributed by atoms with Crippen molar-refractivity contribution in [2.75, 3.05) is 19.4 Å². The highest BCUT2D eigenvalue weighted by Crippen LogP contribution is 2.35. The molecule has 0 unspecified atom stereocenters. The van der Waals surface area contributed by atoms with Gasteiger partial charge in [0.15, 0.2) is 4.34 Å². The zero-order valence-corrected chi connectivity index (χ0v) is 21.1. The number of hydrogen-bond donors (Lipinski definition) is 3. The van der Waals surface area contributed by atoms with E-state index in [1.54, 1.807) is 55.4 Å². The zero-order valence-electron chi connectivity index (χ0n) is 19.5. The van der Waals surface area contributed by atoms with Gasteiger partial charge in [0.2, 0.25) is 5.88 Å². The summed E-state index contributed by atoms with van der Waals surface area (Å²) in [6, 6.07) is 14.3. The largest absolute Gasteiger partial charge is 0.507 e. The number of aromatic hydroxyl groups is 1. The second-order valence-corrected chi connectivity index (χ2v) is 10.3. The van der Waals surface area contributed by atoms with Gasteiger partial charge in [0.05, 0.1) is 23.7 Å². The Bertz CT molecular complexity index is 1550. The molecule has 0 radical (unpaired) electrons. The van der Waals surface area contributed by atoms with Crippen LogP contribution in [0.25, 0.3) is 33.5 Å². The van der Waals surface area contributed by atoms with Crippen LogP contribution in [0.1, 0.15) is 15.4 Å². The highest BCUT2D eigenvalue weighted by molar-refractivity contribution is 8.01. The minimum Gasteiger partial charge on any atom is -0.507 e. The number of fused-ring (bicyclic) bond motifs is 1. The number of thioether (sulfide) groups is 1. The van der Waals surface area contributed by atoms with Crippen LogP contribution in [0, 0.1) is 6.92 Å². The molecule has 3 heterocycles. The summed E-state index contributed by atoms with van der Waals surface area (Å²) in [6.45, 7) is 2.42. The lowest BCUT2D eigenvalue weighted by atomic mass is 10.0. The Morgan fingerprint density at radius 1 is 1.17 bits per heavy atom. The number of amides is 1. The lowest BCUT2D eigenvalue weighted by Gasteiger charge is -2.09. The molecule has 0 saturated carbocycles. The summed E-state index contributed by atoms with van der Waals surface area (Å²) >= 11 is 3.10. The zero-order chi connectivity index (χ0) is 25.1. The molecule has 2 aromatic carbocycles. The van der Waals surface area contributed by atoms with Gasteiger partial charge in [-0.1, -0.05) is 29.2 Å². The molecule has 1 amide bonds. The molecule has 0 atom stereocenters. The maximum atomic E-state index is 12.7. The molecule has 5 aromatic rings. The number of ether oxygens (including phenoxy) is 1. The molecule has 0 aliphatic heterocycles. The van der Waals surface area contributed by atoms with Crippen molar-refractivity contribution in [3.05, 3.63) is 65.3 Å². The van der Waals surface area contributed by atoms with Gasteiger partial charge in [0, 0.05) is 29.6 Å². The Labute approximate surface area is 215 Å². The van der Waals surface area contributed by atoms with Gasteiger partial charge in [-0.2, -0.15) is 0 Å². The van der Waals surface area contributed by atoms with Crippen LogP contribution in [0.3, 0.4) is 0 Å². The number of nitrogens with zero attached hydrogens (tertiary/aromatic N) is 4. The molecular formula is C25H22N6O3S2. The van der Waals surface area contributed by atoms with Crippen molar-refractivity contribution in [3.63, 3.8) is 0 Å². The first-order valence-electron chi connectivity index (χ1n) is 11.1. The number of carbonyl (C=O) groups excluding carboxylic acids is 1. The summed E-state index contributed by atoms with van der Waals surface area (Å²) in [5.74, 6) is 1.60. The maximum Gasteiger partial charge on any atom is 0.251 e. The summed E-state index contributed by atoms with van der Waals surface area (Å²) in [5, 5.41) is 22.5. The fraction of sp³-hybridized carbons (Fsp3) is 0.160. The van der Waals surface area contributed by atoms with Gasteiger partial charge >= 0.3 is 0 Å². The molecule has 9 nitrogen and oxygen atoms in total. The number of carbonyl (C=O) groups is 1. The van der Waals surface area contributed by atoms with Crippen LogP contribution in [0.15, 0.2) is 59.1 Å². The Balaban J connectivity index is 1.33. The summed E-state index contributed by atoms with van der Waals surface area (Å²) in [5.41, 5.74) is 4.07. The summed E-state index contributed by atoms with van der Waals surface area (Å²) in [4.78, 5) is 24.8. The van der Waals surface area contributed by atoms with Crippen LogP contribution in [0.4, 0.5) is 0 Å². The second kappa shape index (κ2) is 10.3. The SMILES string of the molecule is COc1ncccc1-c1ccc(O)c(-c2nc3ccc(C(=O)NCCSc4nnc(C)s4)cc3[nH]2)c1. The van der Waals surface area contributed by atoms with Gasteiger partial charge in [0.25, 0.3) is 5.91 Å². The van der Waals surface area contributed by atoms with Gasteiger partial charge < -0.3 is 20.1 Å². The predicted octanol–water partition coefficient (Wildman–Crippen LogP) is 4.69. The quantitative estimate of drug-likeness (QED) is 0.200. The molecule has 5 rings (SSSR count). The number of hydrogen-bond acceptors (Lipinski definition) is 9. The standard InChI is InChI=1S/C25H22N6O3S2/c1-14-30-31-25(36-14)35-11-10-26-23(33)16-5-7-19-20(13-16)29-22(28-19)18-12-15(6-8-21(18)32)17-4-3-9-27-24(17)34-2/h3-9,12-13,32H,10-11H2,1-2H3,(H,26,33)(H,28,29). The molecule has 182 valence electrons. The number of pyridine rings is 1. The number of benzene rings is 2. The molecule has 0 saturated heterocycles. The number of phenolic OH excluding ortho intramolecular Hbond substituents is 1. The fourth-order valence-electron chi connectivity index (χ4n) is 3.69. The number of aryl methyl sites for hydroxylation is 1. The predicted molar refractivity (Wildman–Crippen MR) is 141 cm³/mol. The molecule has 0 spiro atoms. The average molecular weight is 519 g/mol. The summed E-state index contributed by atoms with van der Waals surface area (Å²) < 4.78 is 6.27. The van der Waals surface area contributed by atoms with Gasteiger partial charge in [-0.15, -0.1) is 10.2 Å². The first-order chi connectivity index (χ1) is 17.5. The summed E-state index contributed by atoms with van der Waals surface area (Å²) in [6.07, 6.45) is 1.66.